The number of halogens is 3. The number of aromatic nitrogens is 2. The van der Waals surface area contributed by atoms with Gasteiger partial charge >= 0.3 is 6.18 Å². The Morgan fingerprint density at radius 2 is 1.93 bits per heavy atom. The average molecular weight is 216 g/mol. The first kappa shape index (κ1) is 9.24. The van der Waals surface area contributed by atoms with Crippen LogP contribution in [0.15, 0.2) is 12.4 Å². The molecule has 3 saturated carbocycles. The van der Waals surface area contributed by atoms with Crippen molar-refractivity contribution in [1.82, 2.24) is 9.78 Å². The minimum Gasteiger partial charge on any atom is -0.266 e. The van der Waals surface area contributed by atoms with Crippen molar-refractivity contribution < 1.29 is 13.2 Å². The zero-order chi connectivity index (χ0) is 10.9. The quantitative estimate of drug-likeness (QED) is 0.705. The maximum absolute atomic E-state index is 12.6. The molecule has 2 bridgehead atoms. The van der Waals surface area contributed by atoms with Crippen LogP contribution in [0, 0.1) is 12.3 Å². The molecule has 0 unspecified atom stereocenters. The van der Waals surface area contributed by atoms with Gasteiger partial charge in [0.25, 0.3) is 0 Å². The smallest absolute Gasteiger partial charge is 0.266 e. The van der Waals surface area contributed by atoms with Gasteiger partial charge in [-0.3, -0.25) is 4.68 Å². The molecule has 1 aromatic heterocycles. The fraction of sp³-hybridized carbons (Fsp3) is 0.700. The molecule has 0 spiro atoms. The van der Waals surface area contributed by atoms with Gasteiger partial charge in [0.05, 0.1) is 17.2 Å². The average Bonchev–Trinajstić information content (AvgIpc) is 2.25. The highest BCUT2D eigenvalue weighted by Gasteiger charge is 2.79. The first-order valence-corrected chi connectivity index (χ1v) is 4.96. The predicted molar refractivity (Wildman–Crippen MR) is 47.3 cm³/mol. The summed E-state index contributed by atoms with van der Waals surface area (Å²) in [7, 11) is 0. The number of nitrogens with zero attached hydrogens (tertiary/aromatic N) is 2. The number of aryl methyl sites for hydroxylation is 1. The monoisotopic (exact) mass is 216 g/mol. The summed E-state index contributed by atoms with van der Waals surface area (Å²) in [5.41, 5.74) is -0.697. The van der Waals surface area contributed by atoms with Crippen molar-refractivity contribution in [3.05, 3.63) is 18.0 Å². The molecule has 15 heavy (non-hydrogen) atoms. The molecule has 3 fully saturated rings. The first-order valence-electron chi connectivity index (χ1n) is 4.96. The maximum Gasteiger partial charge on any atom is 0.394 e. The molecule has 0 amide bonds. The minimum absolute atomic E-state index is 0.213. The van der Waals surface area contributed by atoms with Crippen LogP contribution in [0.3, 0.4) is 0 Å². The van der Waals surface area contributed by atoms with Crippen LogP contribution in [0.2, 0.25) is 0 Å². The largest absolute Gasteiger partial charge is 0.394 e. The highest BCUT2D eigenvalue weighted by molar-refractivity contribution is 5.24. The zero-order valence-corrected chi connectivity index (χ0v) is 8.30. The van der Waals surface area contributed by atoms with Gasteiger partial charge in [-0.2, -0.15) is 18.3 Å². The second-order valence-corrected chi connectivity index (χ2v) is 5.00. The molecule has 2 nitrogen and oxygen atoms in total. The van der Waals surface area contributed by atoms with Crippen LogP contribution in [0.4, 0.5) is 13.2 Å². The van der Waals surface area contributed by atoms with E-state index in [4.69, 9.17) is 0 Å². The summed E-state index contributed by atoms with van der Waals surface area (Å²) in [5, 5.41) is 4.11. The Balaban J connectivity index is 1.82. The molecule has 0 radical (unpaired) electrons. The fourth-order valence-corrected chi connectivity index (χ4v) is 2.95. The summed E-state index contributed by atoms with van der Waals surface area (Å²) in [4.78, 5) is 0. The van der Waals surface area contributed by atoms with Crippen molar-refractivity contribution in [2.75, 3.05) is 0 Å². The first-order chi connectivity index (χ1) is 6.87. The Hall–Kier alpha value is -1.00. The van der Waals surface area contributed by atoms with Crippen molar-refractivity contribution in [3.8, 4) is 0 Å². The van der Waals surface area contributed by atoms with E-state index in [1.165, 1.54) is 0 Å². The lowest BCUT2D eigenvalue weighted by Gasteiger charge is -2.69. The van der Waals surface area contributed by atoms with Crippen molar-refractivity contribution in [3.63, 3.8) is 0 Å². The van der Waals surface area contributed by atoms with Crippen LogP contribution < -0.4 is 0 Å². The topological polar surface area (TPSA) is 17.8 Å². The van der Waals surface area contributed by atoms with E-state index in [-0.39, 0.29) is 24.8 Å². The van der Waals surface area contributed by atoms with Crippen molar-refractivity contribution in [2.24, 2.45) is 5.41 Å². The number of alkyl halides is 3. The summed E-state index contributed by atoms with van der Waals surface area (Å²) in [6.45, 7) is 1.90. The van der Waals surface area contributed by atoms with Crippen molar-refractivity contribution >= 4 is 0 Å². The van der Waals surface area contributed by atoms with Gasteiger partial charge in [-0.15, -0.1) is 0 Å². The molecule has 3 aliphatic carbocycles. The third-order valence-corrected chi connectivity index (χ3v) is 3.80. The zero-order valence-electron chi connectivity index (χ0n) is 8.30. The maximum atomic E-state index is 12.6. The lowest BCUT2D eigenvalue weighted by atomic mass is 9.39. The highest BCUT2D eigenvalue weighted by Crippen LogP contribution is 2.76. The molecule has 4 rings (SSSR count). The molecule has 0 N–H and O–H groups in total. The molecule has 1 aromatic rings. The van der Waals surface area contributed by atoms with Gasteiger partial charge in [-0.25, -0.2) is 0 Å². The van der Waals surface area contributed by atoms with Crippen LogP contribution in [-0.2, 0) is 5.54 Å². The summed E-state index contributed by atoms with van der Waals surface area (Å²) in [5.74, 6) is 0. The van der Waals surface area contributed by atoms with Crippen LogP contribution >= 0.6 is 0 Å². The molecule has 1 heterocycles. The molecular weight excluding hydrogens is 205 g/mol. The Bertz CT molecular complexity index is 399. The fourth-order valence-electron chi connectivity index (χ4n) is 2.95. The van der Waals surface area contributed by atoms with E-state index in [1.807, 2.05) is 13.1 Å². The molecule has 3 aliphatic rings. The van der Waals surface area contributed by atoms with Gasteiger partial charge in [0.1, 0.15) is 0 Å². The summed E-state index contributed by atoms with van der Waals surface area (Å²) >= 11 is 0. The number of rotatable bonds is 1. The number of hydrogen-bond donors (Lipinski definition) is 0. The van der Waals surface area contributed by atoms with Gasteiger partial charge in [0.2, 0.25) is 0 Å². The standard InChI is InChI=1S/C10H11F3N2/c1-7-2-14-15(3-7)9-4-8(5-9,6-9)10(11,12)13/h2-3H,4-6H2,1H3/t8-,9-. The molecule has 82 valence electrons. The minimum atomic E-state index is -4.03. The van der Waals surface area contributed by atoms with Gasteiger partial charge in [-0.1, -0.05) is 0 Å². The Labute approximate surface area is 85.1 Å². The molecule has 5 heteroatoms. The Morgan fingerprint density at radius 1 is 1.33 bits per heavy atom. The van der Waals surface area contributed by atoms with Gasteiger partial charge < -0.3 is 0 Å². The second-order valence-electron chi connectivity index (χ2n) is 5.00. The summed E-state index contributed by atoms with van der Waals surface area (Å²) < 4.78 is 39.5. The third-order valence-electron chi connectivity index (χ3n) is 3.80. The predicted octanol–water partition coefficient (Wildman–Crippen LogP) is 2.63. The van der Waals surface area contributed by atoms with E-state index in [1.54, 1.807) is 10.9 Å². The van der Waals surface area contributed by atoms with Crippen LogP contribution in [0.5, 0.6) is 0 Å². The van der Waals surface area contributed by atoms with Crippen LogP contribution in [0.25, 0.3) is 0 Å². The van der Waals surface area contributed by atoms with Crippen molar-refractivity contribution in [1.29, 1.82) is 0 Å². The van der Waals surface area contributed by atoms with Gasteiger partial charge in [-0.05, 0) is 31.7 Å². The van der Waals surface area contributed by atoms with E-state index in [9.17, 15) is 13.2 Å². The van der Waals surface area contributed by atoms with Gasteiger partial charge in [0.15, 0.2) is 0 Å². The lowest BCUT2D eigenvalue weighted by Crippen LogP contribution is -2.72. The molecule has 0 aliphatic heterocycles. The van der Waals surface area contributed by atoms with E-state index in [2.05, 4.69) is 5.10 Å². The second kappa shape index (κ2) is 2.23. The van der Waals surface area contributed by atoms with Crippen LogP contribution in [-0.4, -0.2) is 16.0 Å². The molecule has 0 aromatic carbocycles. The van der Waals surface area contributed by atoms with Crippen LogP contribution in [0.1, 0.15) is 24.8 Å². The van der Waals surface area contributed by atoms with E-state index >= 15 is 0 Å². The molecule has 0 atom stereocenters. The van der Waals surface area contributed by atoms with E-state index < -0.39 is 11.6 Å². The van der Waals surface area contributed by atoms with E-state index in [0.717, 1.165) is 5.56 Å². The summed E-state index contributed by atoms with van der Waals surface area (Å²) in [6.07, 6.45) is 0.136. The summed E-state index contributed by atoms with van der Waals surface area (Å²) in [6, 6.07) is 0. The van der Waals surface area contributed by atoms with Crippen molar-refractivity contribution in [2.45, 2.75) is 37.9 Å². The normalized spacial score (nSPS) is 38.4. The SMILES string of the molecule is Cc1cnn([C@]23C[C@@](C(F)(F)F)(C2)C3)c1. The third kappa shape index (κ3) is 0.936. The number of hydrogen-bond acceptors (Lipinski definition) is 1. The molecular formula is C10H11F3N2. The molecule has 0 saturated heterocycles. The van der Waals surface area contributed by atoms with E-state index in [0.29, 0.717) is 0 Å². The Kier molecular flexibility index (Phi) is 1.37. The Morgan fingerprint density at radius 3 is 2.33 bits per heavy atom. The van der Waals surface area contributed by atoms with Gasteiger partial charge in [0, 0.05) is 6.20 Å². The highest BCUT2D eigenvalue weighted by atomic mass is 19.4. The lowest BCUT2D eigenvalue weighted by molar-refractivity contribution is -0.356.